The minimum atomic E-state index is 0.110. The van der Waals surface area contributed by atoms with Crippen LogP contribution >= 0.6 is 11.8 Å². The second-order valence-corrected chi connectivity index (χ2v) is 6.51. The third-order valence-electron chi connectivity index (χ3n) is 3.51. The largest absolute Gasteiger partial charge is 0.355 e. The number of nitrogens with one attached hydrogen (secondary N) is 1. The molecule has 0 saturated carbocycles. The van der Waals surface area contributed by atoms with Gasteiger partial charge in [-0.1, -0.05) is 48.0 Å². The van der Waals surface area contributed by atoms with Crippen LogP contribution in [0.15, 0.2) is 53.4 Å². The molecule has 0 fully saturated rings. The Morgan fingerprint density at radius 1 is 1.09 bits per heavy atom. The molecule has 3 heteroatoms. The number of rotatable bonds is 7. The van der Waals surface area contributed by atoms with Gasteiger partial charge in [0.1, 0.15) is 0 Å². The lowest BCUT2D eigenvalue weighted by Crippen LogP contribution is -2.26. The number of thioether (sulfide) groups is 1. The van der Waals surface area contributed by atoms with Crippen molar-refractivity contribution in [1.82, 2.24) is 5.32 Å². The molecule has 0 aliphatic heterocycles. The minimum absolute atomic E-state index is 0.110. The fourth-order valence-corrected chi connectivity index (χ4v) is 3.18. The summed E-state index contributed by atoms with van der Waals surface area (Å²) in [6, 6.07) is 16.7. The molecule has 0 unspecified atom stereocenters. The monoisotopic (exact) mass is 313 g/mol. The van der Waals surface area contributed by atoms with Gasteiger partial charge in [-0.2, -0.15) is 0 Å². The highest BCUT2D eigenvalue weighted by atomic mass is 32.2. The zero-order chi connectivity index (χ0) is 15.8. The maximum absolute atomic E-state index is 11.9. The Morgan fingerprint density at radius 3 is 2.64 bits per heavy atom. The highest BCUT2D eigenvalue weighted by Crippen LogP contribution is 2.23. The molecule has 0 aromatic heterocycles. The molecule has 2 aromatic carbocycles. The van der Waals surface area contributed by atoms with Crippen LogP contribution in [-0.4, -0.2) is 18.2 Å². The quantitative estimate of drug-likeness (QED) is 0.615. The number of amides is 1. The predicted octanol–water partition coefficient (Wildman–Crippen LogP) is 4.14. The number of hydrogen-bond donors (Lipinski definition) is 1. The van der Waals surface area contributed by atoms with Crippen molar-refractivity contribution >= 4 is 17.7 Å². The van der Waals surface area contributed by atoms with Gasteiger partial charge >= 0.3 is 0 Å². The Kier molecular flexibility index (Phi) is 6.53. The van der Waals surface area contributed by atoms with Gasteiger partial charge in [-0.3, -0.25) is 4.79 Å². The zero-order valence-electron chi connectivity index (χ0n) is 13.3. The average Bonchev–Trinajstić information content (AvgIpc) is 2.53. The standard InChI is InChI=1S/C19H23NOS/c1-15-10-11-16(2)18(13-15)22-14-19(21)20-12-6-9-17-7-4-3-5-8-17/h3-5,7-8,10-11,13H,6,9,12,14H2,1-2H3,(H,20,21). The van der Waals surface area contributed by atoms with Gasteiger partial charge in [-0.05, 0) is 43.9 Å². The zero-order valence-corrected chi connectivity index (χ0v) is 14.1. The van der Waals surface area contributed by atoms with Gasteiger partial charge in [0.15, 0.2) is 0 Å². The molecule has 0 radical (unpaired) electrons. The van der Waals surface area contributed by atoms with E-state index < -0.39 is 0 Å². The van der Waals surface area contributed by atoms with Crippen molar-refractivity contribution in [3.63, 3.8) is 0 Å². The first kappa shape index (κ1) is 16.6. The van der Waals surface area contributed by atoms with Crippen LogP contribution in [0.1, 0.15) is 23.1 Å². The van der Waals surface area contributed by atoms with E-state index in [1.165, 1.54) is 21.6 Å². The minimum Gasteiger partial charge on any atom is -0.355 e. The summed E-state index contributed by atoms with van der Waals surface area (Å²) in [6.07, 6.45) is 1.98. The predicted molar refractivity (Wildman–Crippen MR) is 94.4 cm³/mol. The van der Waals surface area contributed by atoms with Crippen molar-refractivity contribution in [1.29, 1.82) is 0 Å². The van der Waals surface area contributed by atoms with Crippen molar-refractivity contribution in [2.24, 2.45) is 0 Å². The van der Waals surface area contributed by atoms with Crippen LogP contribution in [0.5, 0.6) is 0 Å². The maximum Gasteiger partial charge on any atom is 0.230 e. The Hall–Kier alpha value is -1.74. The number of hydrogen-bond acceptors (Lipinski definition) is 2. The Bertz CT molecular complexity index is 610. The maximum atomic E-state index is 11.9. The molecule has 2 rings (SSSR count). The van der Waals surface area contributed by atoms with Crippen LogP contribution in [0.25, 0.3) is 0 Å². The van der Waals surface area contributed by atoms with Crippen molar-refractivity contribution in [3.05, 3.63) is 65.2 Å². The van der Waals surface area contributed by atoms with E-state index in [4.69, 9.17) is 0 Å². The molecule has 0 bridgehead atoms. The van der Waals surface area contributed by atoms with Crippen LogP contribution in [0.3, 0.4) is 0 Å². The van der Waals surface area contributed by atoms with Gasteiger partial charge in [0, 0.05) is 11.4 Å². The Balaban J connectivity index is 1.67. The lowest BCUT2D eigenvalue weighted by molar-refractivity contribution is -0.118. The molecule has 2 aromatic rings. The average molecular weight is 313 g/mol. The fourth-order valence-electron chi connectivity index (χ4n) is 2.22. The summed E-state index contributed by atoms with van der Waals surface area (Å²) in [5.41, 5.74) is 3.78. The van der Waals surface area contributed by atoms with Crippen LogP contribution in [0.2, 0.25) is 0 Å². The normalized spacial score (nSPS) is 10.5. The topological polar surface area (TPSA) is 29.1 Å². The van der Waals surface area contributed by atoms with E-state index in [9.17, 15) is 4.79 Å². The van der Waals surface area contributed by atoms with E-state index in [0.717, 1.165) is 19.4 Å². The Labute approximate surface area is 137 Å². The highest BCUT2D eigenvalue weighted by Gasteiger charge is 2.05. The smallest absolute Gasteiger partial charge is 0.230 e. The van der Waals surface area contributed by atoms with E-state index >= 15 is 0 Å². The van der Waals surface area contributed by atoms with Crippen LogP contribution in [0.4, 0.5) is 0 Å². The SMILES string of the molecule is Cc1ccc(C)c(SCC(=O)NCCCc2ccccc2)c1. The van der Waals surface area contributed by atoms with Crippen molar-refractivity contribution < 1.29 is 4.79 Å². The van der Waals surface area contributed by atoms with Crippen molar-refractivity contribution in [2.75, 3.05) is 12.3 Å². The summed E-state index contributed by atoms with van der Waals surface area (Å²) < 4.78 is 0. The lowest BCUT2D eigenvalue weighted by atomic mass is 10.1. The third kappa shape index (κ3) is 5.57. The number of benzene rings is 2. The molecule has 22 heavy (non-hydrogen) atoms. The molecule has 0 aliphatic rings. The molecule has 0 aliphatic carbocycles. The van der Waals surface area contributed by atoms with Crippen molar-refractivity contribution in [3.8, 4) is 0 Å². The summed E-state index contributed by atoms with van der Waals surface area (Å²) in [5, 5.41) is 3.00. The molecule has 116 valence electrons. The van der Waals surface area contributed by atoms with E-state index in [1.807, 2.05) is 6.07 Å². The first-order valence-electron chi connectivity index (χ1n) is 7.66. The second-order valence-electron chi connectivity index (χ2n) is 5.50. The second kappa shape index (κ2) is 8.64. The van der Waals surface area contributed by atoms with E-state index in [-0.39, 0.29) is 5.91 Å². The van der Waals surface area contributed by atoms with E-state index in [0.29, 0.717) is 5.75 Å². The summed E-state index contributed by atoms with van der Waals surface area (Å²) >= 11 is 1.61. The van der Waals surface area contributed by atoms with Gasteiger partial charge in [0.25, 0.3) is 0 Å². The van der Waals surface area contributed by atoms with Crippen LogP contribution in [-0.2, 0) is 11.2 Å². The fraction of sp³-hybridized carbons (Fsp3) is 0.316. The first-order chi connectivity index (χ1) is 10.6. The number of aryl methyl sites for hydroxylation is 3. The molecule has 1 N–H and O–H groups in total. The molecule has 0 spiro atoms. The van der Waals surface area contributed by atoms with E-state index in [1.54, 1.807) is 11.8 Å². The van der Waals surface area contributed by atoms with Crippen LogP contribution in [0, 0.1) is 13.8 Å². The lowest BCUT2D eigenvalue weighted by Gasteiger charge is -2.08. The summed E-state index contributed by atoms with van der Waals surface area (Å²) in [4.78, 5) is 13.1. The molecule has 2 nitrogen and oxygen atoms in total. The molecular formula is C19H23NOS. The number of carbonyl (C=O) groups excluding carboxylic acids is 1. The molecule has 0 atom stereocenters. The summed E-state index contributed by atoms with van der Waals surface area (Å²) in [7, 11) is 0. The first-order valence-corrected chi connectivity index (χ1v) is 8.64. The summed E-state index contributed by atoms with van der Waals surface area (Å²) in [5.74, 6) is 0.592. The van der Waals surface area contributed by atoms with E-state index in [2.05, 4.69) is 61.6 Å². The third-order valence-corrected chi connectivity index (χ3v) is 4.67. The summed E-state index contributed by atoms with van der Waals surface area (Å²) in [6.45, 7) is 4.90. The number of carbonyl (C=O) groups is 1. The van der Waals surface area contributed by atoms with Gasteiger partial charge in [-0.25, -0.2) is 0 Å². The molecule has 1 amide bonds. The molecular weight excluding hydrogens is 290 g/mol. The van der Waals surface area contributed by atoms with Gasteiger partial charge in [0.05, 0.1) is 5.75 Å². The van der Waals surface area contributed by atoms with Gasteiger partial charge < -0.3 is 5.32 Å². The van der Waals surface area contributed by atoms with Crippen LogP contribution < -0.4 is 5.32 Å². The van der Waals surface area contributed by atoms with Crippen molar-refractivity contribution in [2.45, 2.75) is 31.6 Å². The molecule has 0 heterocycles. The molecule has 0 saturated heterocycles. The van der Waals surface area contributed by atoms with Gasteiger partial charge in [0.2, 0.25) is 5.91 Å². The Morgan fingerprint density at radius 2 is 1.86 bits per heavy atom. The highest BCUT2D eigenvalue weighted by molar-refractivity contribution is 8.00. The van der Waals surface area contributed by atoms with Gasteiger partial charge in [-0.15, -0.1) is 11.8 Å².